The van der Waals surface area contributed by atoms with Crippen LogP contribution in [0.1, 0.15) is 18.4 Å². The summed E-state index contributed by atoms with van der Waals surface area (Å²) in [5, 5.41) is 4.03. The summed E-state index contributed by atoms with van der Waals surface area (Å²) in [6.45, 7) is 1.48. The summed E-state index contributed by atoms with van der Waals surface area (Å²) in [4.78, 5) is 30.8. The van der Waals surface area contributed by atoms with Crippen LogP contribution < -0.4 is 5.32 Å². The zero-order valence-corrected chi connectivity index (χ0v) is 17.3. The molecule has 0 bridgehead atoms. The van der Waals surface area contributed by atoms with Crippen LogP contribution in [0.4, 0.5) is 4.79 Å². The molecule has 1 N–H and O–H groups in total. The van der Waals surface area contributed by atoms with Crippen LogP contribution >= 0.6 is 34.8 Å². The van der Waals surface area contributed by atoms with Crippen LogP contribution in [-0.2, 0) is 16.9 Å². The van der Waals surface area contributed by atoms with Crippen molar-refractivity contribution in [3.8, 4) is 11.3 Å². The Balaban J connectivity index is 1.58. The fourth-order valence-corrected chi connectivity index (χ4v) is 3.91. The Hall–Kier alpha value is -2.54. The van der Waals surface area contributed by atoms with Gasteiger partial charge in [-0.2, -0.15) is 0 Å². The minimum Gasteiger partial charge on any atom is -0.439 e. The summed E-state index contributed by atoms with van der Waals surface area (Å²) in [5.74, 6) is 0.273. The number of carbonyl (C=O) groups is 2. The van der Waals surface area contributed by atoms with Crippen LogP contribution in [0.25, 0.3) is 11.3 Å². The van der Waals surface area contributed by atoms with Gasteiger partial charge in [0.1, 0.15) is 12.1 Å². The Morgan fingerprint density at radius 2 is 1.76 bits per heavy atom. The van der Waals surface area contributed by atoms with Gasteiger partial charge < -0.3 is 9.73 Å². The number of hydrogen-bond acceptors (Lipinski definition) is 4. The van der Waals surface area contributed by atoms with Gasteiger partial charge in [-0.05, 0) is 43.3 Å². The van der Waals surface area contributed by atoms with Crippen molar-refractivity contribution < 1.29 is 14.0 Å². The minimum absolute atomic E-state index is 0.112. The van der Waals surface area contributed by atoms with E-state index < -0.39 is 17.5 Å². The number of nitrogens with one attached hydrogen (secondary N) is 1. The van der Waals surface area contributed by atoms with Crippen LogP contribution in [0.2, 0.25) is 15.1 Å². The minimum atomic E-state index is -1.32. The molecule has 29 heavy (non-hydrogen) atoms. The van der Waals surface area contributed by atoms with E-state index in [2.05, 4.69) is 10.3 Å². The first-order valence-corrected chi connectivity index (χ1v) is 9.71. The molecule has 6 nitrogen and oxygen atoms in total. The van der Waals surface area contributed by atoms with E-state index >= 15 is 0 Å². The highest BCUT2D eigenvalue weighted by Crippen LogP contribution is 2.35. The molecule has 9 heteroatoms. The van der Waals surface area contributed by atoms with E-state index in [1.54, 1.807) is 43.3 Å². The van der Waals surface area contributed by atoms with Gasteiger partial charge in [0.25, 0.3) is 5.91 Å². The Bertz CT molecular complexity index is 1110. The number of amides is 3. The average molecular weight is 451 g/mol. The van der Waals surface area contributed by atoms with E-state index in [1.165, 1.54) is 12.3 Å². The van der Waals surface area contributed by atoms with Crippen molar-refractivity contribution >= 4 is 46.7 Å². The van der Waals surface area contributed by atoms with Gasteiger partial charge in [-0.25, -0.2) is 9.78 Å². The maximum atomic E-state index is 13.1. The molecule has 0 unspecified atom stereocenters. The molecule has 0 aliphatic carbocycles. The van der Waals surface area contributed by atoms with E-state index in [-0.39, 0.29) is 17.5 Å². The summed E-state index contributed by atoms with van der Waals surface area (Å²) in [7, 11) is 0. The number of imide groups is 1. The van der Waals surface area contributed by atoms with Gasteiger partial charge >= 0.3 is 6.03 Å². The van der Waals surface area contributed by atoms with Crippen molar-refractivity contribution in [2.45, 2.75) is 19.0 Å². The van der Waals surface area contributed by atoms with Crippen LogP contribution in [0.3, 0.4) is 0 Å². The third-order valence-corrected chi connectivity index (χ3v) is 5.52. The van der Waals surface area contributed by atoms with E-state index in [4.69, 9.17) is 39.2 Å². The van der Waals surface area contributed by atoms with Crippen molar-refractivity contribution in [1.29, 1.82) is 0 Å². The first-order valence-electron chi connectivity index (χ1n) is 8.58. The maximum Gasteiger partial charge on any atom is 0.325 e. The Labute approximate surface area is 181 Å². The van der Waals surface area contributed by atoms with Gasteiger partial charge in [-0.1, -0.05) is 40.9 Å². The lowest BCUT2D eigenvalue weighted by molar-refractivity contribution is -0.131. The van der Waals surface area contributed by atoms with Crippen LogP contribution in [0.5, 0.6) is 0 Å². The molecule has 1 aliphatic heterocycles. The molecule has 148 valence electrons. The lowest BCUT2D eigenvalue weighted by Crippen LogP contribution is -2.41. The quantitative estimate of drug-likeness (QED) is 0.550. The Morgan fingerprint density at radius 3 is 2.45 bits per heavy atom. The van der Waals surface area contributed by atoms with E-state index in [9.17, 15) is 9.59 Å². The normalized spacial score (nSPS) is 19.0. The SMILES string of the molecule is C[C@@]1(c2ccc(Cl)cc2Cl)NC(=O)N(Cc2ncc(-c3ccc(Cl)cc3)o2)C1=O. The fourth-order valence-electron chi connectivity index (χ4n) is 3.18. The topological polar surface area (TPSA) is 75.4 Å². The number of rotatable bonds is 4. The standard InChI is InChI=1S/C20H14Cl3N3O3/c1-20(14-7-6-13(22)8-15(14)23)18(27)26(19(28)25-20)10-17-24-9-16(29-17)11-2-4-12(21)5-3-11/h2-9H,10H2,1H3,(H,25,28)/t20-/m0/s1. The first kappa shape index (κ1) is 19.8. The second-order valence-electron chi connectivity index (χ2n) is 6.70. The van der Waals surface area contributed by atoms with Gasteiger partial charge in [-0.15, -0.1) is 0 Å². The molecule has 1 aliphatic rings. The molecule has 0 saturated carbocycles. The smallest absolute Gasteiger partial charge is 0.325 e. The molecule has 3 amide bonds. The maximum absolute atomic E-state index is 13.1. The van der Waals surface area contributed by atoms with Crippen LogP contribution in [0, 0.1) is 0 Å². The molecule has 1 aromatic heterocycles. The predicted octanol–water partition coefficient (Wildman–Crippen LogP) is 5.27. The van der Waals surface area contributed by atoms with Crippen molar-refractivity contribution in [2.75, 3.05) is 0 Å². The molecular weight excluding hydrogens is 437 g/mol. The second-order valence-corrected chi connectivity index (χ2v) is 7.98. The molecular formula is C20H14Cl3N3O3. The number of benzene rings is 2. The molecule has 2 heterocycles. The molecule has 4 rings (SSSR count). The molecule has 1 atom stereocenters. The van der Waals surface area contributed by atoms with Gasteiger partial charge in [0.15, 0.2) is 5.76 Å². The first-order chi connectivity index (χ1) is 13.8. The molecule has 1 saturated heterocycles. The average Bonchev–Trinajstić information content (AvgIpc) is 3.21. The number of carbonyl (C=O) groups excluding carboxylic acids is 2. The lowest BCUT2D eigenvalue weighted by Gasteiger charge is -2.23. The lowest BCUT2D eigenvalue weighted by atomic mass is 9.92. The number of aromatic nitrogens is 1. The highest BCUT2D eigenvalue weighted by Gasteiger charge is 2.50. The monoisotopic (exact) mass is 449 g/mol. The van der Waals surface area contributed by atoms with Crippen molar-refractivity contribution in [3.63, 3.8) is 0 Å². The molecule has 2 aromatic carbocycles. The third-order valence-electron chi connectivity index (χ3n) is 4.72. The number of hydrogen-bond donors (Lipinski definition) is 1. The van der Waals surface area contributed by atoms with E-state index in [0.717, 1.165) is 10.5 Å². The Kier molecular flexibility index (Phi) is 5.02. The molecule has 0 spiro atoms. The van der Waals surface area contributed by atoms with Crippen LogP contribution in [0.15, 0.2) is 53.1 Å². The number of oxazole rings is 1. The van der Waals surface area contributed by atoms with Crippen molar-refractivity contribution in [2.24, 2.45) is 0 Å². The summed E-state index contributed by atoms with van der Waals surface area (Å²) in [6, 6.07) is 11.3. The van der Waals surface area contributed by atoms with Crippen molar-refractivity contribution in [3.05, 3.63) is 75.2 Å². The summed E-state index contributed by atoms with van der Waals surface area (Å²) < 4.78 is 5.71. The van der Waals surface area contributed by atoms with E-state index in [0.29, 0.717) is 21.4 Å². The highest BCUT2D eigenvalue weighted by molar-refractivity contribution is 6.35. The van der Waals surface area contributed by atoms with Gasteiger partial charge in [0.05, 0.1) is 6.20 Å². The highest BCUT2D eigenvalue weighted by atomic mass is 35.5. The zero-order chi connectivity index (χ0) is 20.8. The number of nitrogens with zero attached hydrogens (tertiary/aromatic N) is 2. The second kappa shape index (κ2) is 7.37. The predicted molar refractivity (Wildman–Crippen MR) is 110 cm³/mol. The number of urea groups is 1. The number of halogens is 3. The summed E-state index contributed by atoms with van der Waals surface area (Å²) in [5.41, 5.74) is -0.0773. The van der Waals surface area contributed by atoms with Crippen molar-refractivity contribution in [1.82, 2.24) is 15.2 Å². The van der Waals surface area contributed by atoms with E-state index in [1.807, 2.05) is 0 Å². The molecule has 1 fully saturated rings. The summed E-state index contributed by atoms with van der Waals surface area (Å²) >= 11 is 18.1. The fraction of sp³-hybridized carbons (Fsp3) is 0.150. The van der Waals surface area contributed by atoms with Gasteiger partial charge in [0.2, 0.25) is 5.89 Å². The molecule has 0 radical (unpaired) electrons. The van der Waals surface area contributed by atoms with Gasteiger partial charge in [0, 0.05) is 26.2 Å². The largest absolute Gasteiger partial charge is 0.439 e. The van der Waals surface area contributed by atoms with Crippen LogP contribution in [-0.4, -0.2) is 21.8 Å². The van der Waals surface area contributed by atoms with Gasteiger partial charge in [-0.3, -0.25) is 9.69 Å². The third kappa shape index (κ3) is 3.59. The molecule has 3 aromatic rings. The zero-order valence-electron chi connectivity index (χ0n) is 15.1. The Morgan fingerprint density at radius 1 is 1.07 bits per heavy atom. The summed E-state index contributed by atoms with van der Waals surface area (Å²) in [6.07, 6.45) is 1.53.